The summed E-state index contributed by atoms with van der Waals surface area (Å²) in [5.41, 5.74) is 7.90. The predicted molar refractivity (Wildman–Crippen MR) is 168 cm³/mol. The van der Waals surface area contributed by atoms with Crippen LogP contribution in [0.2, 0.25) is 0 Å². The Morgan fingerprint density at radius 1 is 0.500 bits per heavy atom. The molecule has 6 N–H and O–H groups in total. The maximum absolute atomic E-state index is 12.7. The van der Waals surface area contributed by atoms with Gasteiger partial charge in [-0.15, -0.1) is 0 Å². The number of carbonyl (C=O) groups excluding carboxylic acids is 2. The molecule has 10 heteroatoms. The molecule has 0 rings (SSSR count). The molecule has 0 bridgehead atoms. The summed E-state index contributed by atoms with van der Waals surface area (Å²) in [7, 11) is 1.95. The third-order valence-electron chi connectivity index (χ3n) is 7.43. The molecule has 0 saturated heterocycles. The minimum atomic E-state index is -2.06. The summed E-state index contributed by atoms with van der Waals surface area (Å²) in [5, 5.41) is 19.3. The first kappa shape index (κ1) is 38.9. The lowest BCUT2D eigenvalue weighted by Crippen LogP contribution is -2.58. The van der Waals surface area contributed by atoms with Crippen molar-refractivity contribution in [3.05, 3.63) is 0 Å². The molecule has 0 aromatic heterocycles. The minimum Gasteiger partial charge on any atom is -0.480 e. The predicted octanol–water partition coefficient (Wildman–Crippen LogP) is 6.91. The summed E-state index contributed by atoms with van der Waals surface area (Å²) < 4.78 is 0. The molecule has 0 heterocycles. The van der Waals surface area contributed by atoms with E-state index in [9.17, 15) is 29.4 Å². The van der Waals surface area contributed by atoms with Gasteiger partial charge in [-0.3, -0.25) is 9.59 Å². The highest BCUT2D eigenvalue weighted by Gasteiger charge is 2.44. The second kappa shape index (κ2) is 23.5. The van der Waals surface area contributed by atoms with Crippen molar-refractivity contribution in [3.8, 4) is 0 Å². The van der Waals surface area contributed by atoms with Gasteiger partial charge < -0.3 is 21.7 Å². The number of Topliss-reactive ketones (excluding diaryl/α,β-unsaturated/α-hetero) is 2. The number of rotatable bonds is 29. The fraction of sp³-hybridized carbons (Fsp3) is 0.867. The highest BCUT2D eigenvalue weighted by molar-refractivity contribution is 8.76. The van der Waals surface area contributed by atoms with Crippen LogP contribution in [-0.2, 0) is 19.2 Å². The van der Waals surface area contributed by atoms with Gasteiger partial charge in [-0.05, 0) is 12.8 Å². The molecule has 40 heavy (non-hydrogen) atoms. The fourth-order valence-corrected chi connectivity index (χ4v) is 7.15. The highest BCUT2D eigenvalue weighted by Crippen LogP contribution is 2.30. The molecular weight excluding hydrogens is 548 g/mol. The summed E-state index contributed by atoms with van der Waals surface area (Å²) in [5.74, 6) is -4.33. The van der Waals surface area contributed by atoms with E-state index in [1.165, 1.54) is 64.2 Å². The van der Waals surface area contributed by atoms with Crippen LogP contribution < -0.4 is 11.5 Å². The van der Waals surface area contributed by atoms with Crippen LogP contribution >= 0.6 is 21.6 Å². The number of carboxylic acid groups (broad SMARTS) is 2. The molecule has 0 amide bonds. The van der Waals surface area contributed by atoms with Crippen LogP contribution in [-0.4, -0.2) is 56.3 Å². The van der Waals surface area contributed by atoms with Gasteiger partial charge in [0, 0.05) is 24.3 Å². The van der Waals surface area contributed by atoms with Crippen LogP contribution in [0.3, 0.4) is 0 Å². The molecule has 0 radical (unpaired) electrons. The van der Waals surface area contributed by atoms with Crippen LogP contribution in [0.25, 0.3) is 0 Å². The zero-order valence-corrected chi connectivity index (χ0v) is 26.7. The Morgan fingerprint density at radius 2 is 0.750 bits per heavy atom. The quantitative estimate of drug-likeness (QED) is 0.0401. The van der Waals surface area contributed by atoms with Crippen LogP contribution in [0.1, 0.15) is 142 Å². The number of unbranched alkanes of at least 4 members (excludes halogenated alkanes) is 16. The van der Waals surface area contributed by atoms with E-state index in [0.717, 1.165) is 60.1 Å². The SMILES string of the molecule is CCCCCCCCCCCC(=O)[C@](N)(CSSC[C@](N)(C(=O)O)C(=O)CCCCCCCCCCC)C(=O)O. The maximum Gasteiger partial charge on any atom is 0.332 e. The van der Waals surface area contributed by atoms with Gasteiger partial charge in [-0.25, -0.2) is 9.59 Å². The van der Waals surface area contributed by atoms with E-state index >= 15 is 0 Å². The largest absolute Gasteiger partial charge is 0.480 e. The molecule has 2 atom stereocenters. The molecule has 0 spiro atoms. The first-order chi connectivity index (χ1) is 19.1. The number of nitrogens with two attached hydrogens (primary N) is 2. The Hall–Kier alpha value is -1.10. The molecule has 0 fully saturated rings. The third kappa shape index (κ3) is 16.4. The van der Waals surface area contributed by atoms with Gasteiger partial charge in [0.05, 0.1) is 0 Å². The molecule has 234 valence electrons. The summed E-state index contributed by atoms with van der Waals surface area (Å²) in [6.45, 7) is 4.37. The van der Waals surface area contributed by atoms with E-state index in [1.807, 2.05) is 0 Å². The van der Waals surface area contributed by atoms with Crippen LogP contribution in [0.5, 0.6) is 0 Å². The zero-order chi connectivity index (χ0) is 30.3. The average Bonchev–Trinajstić information content (AvgIpc) is 2.92. The number of carbonyl (C=O) groups is 4. The van der Waals surface area contributed by atoms with Gasteiger partial charge in [0.15, 0.2) is 22.6 Å². The van der Waals surface area contributed by atoms with Crippen molar-refractivity contribution in [2.45, 2.75) is 153 Å². The lowest BCUT2D eigenvalue weighted by atomic mass is 9.93. The first-order valence-corrected chi connectivity index (χ1v) is 17.9. The second-order valence-corrected chi connectivity index (χ2v) is 13.5. The van der Waals surface area contributed by atoms with E-state index in [-0.39, 0.29) is 24.3 Å². The van der Waals surface area contributed by atoms with E-state index in [4.69, 9.17) is 11.5 Å². The lowest BCUT2D eigenvalue weighted by molar-refractivity contribution is -0.148. The number of ketones is 2. The lowest BCUT2D eigenvalue weighted by Gasteiger charge is -2.25. The van der Waals surface area contributed by atoms with Gasteiger partial charge in [-0.2, -0.15) is 0 Å². The van der Waals surface area contributed by atoms with Crippen LogP contribution in [0.4, 0.5) is 0 Å². The van der Waals surface area contributed by atoms with Crippen LogP contribution in [0.15, 0.2) is 0 Å². The average molecular weight is 605 g/mol. The molecule has 0 saturated carbocycles. The fourth-order valence-electron chi connectivity index (χ4n) is 4.43. The van der Waals surface area contributed by atoms with E-state index in [1.54, 1.807) is 0 Å². The summed E-state index contributed by atoms with van der Waals surface area (Å²) in [6.07, 6.45) is 19.6. The van der Waals surface area contributed by atoms with Crippen molar-refractivity contribution in [2.75, 3.05) is 11.5 Å². The monoisotopic (exact) mass is 604 g/mol. The highest BCUT2D eigenvalue weighted by atomic mass is 33.1. The topological polar surface area (TPSA) is 161 Å². The summed E-state index contributed by atoms with van der Waals surface area (Å²) in [4.78, 5) is 49.1. The molecule has 0 aromatic rings. The second-order valence-electron chi connectivity index (χ2n) is 11.1. The Kier molecular flexibility index (Phi) is 22.8. The molecule has 0 aliphatic heterocycles. The molecule has 0 aliphatic carbocycles. The van der Waals surface area contributed by atoms with Crippen molar-refractivity contribution in [1.82, 2.24) is 0 Å². The molecule has 0 aliphatic rings. The molecule has 8 nitrogen and oxygen atoms in total. The van der Waals surface area contributed by atoms with Gasteiger partial charge in [-0.1, -0.05) is 138 Å². The van der Waals surface area contributed by atoms with E-state index in [0.29, 0.717) is 12.8 Å². The van der Waals surface area contributed by atoms with Crippen molar-refractivity contribution in [2.24, 2.45) is 11.5 Å². The van der Waals surface area contributed by atoms with Gasteiger partial charge >= 0.3 is 11.9 Å². The van der Waals surface area contributed by atoms with Crippen LogP contribution in [0, 0.1) is 0 Å². The Balaban J connectivity index is 4.46. The summed E-state index contributed by atoms with van der Waals surface area (Å²) >= 11 is 0. The normalized spacial score (nSPS) is 14.4. The number of carboxylic acids is 2. The molecular formula is C30H56N2O6S2. The zero-order valence-electron chi connectivity index (χ0n) is 25.1. The van der Waals surface area contributed by atoms with E-state index < -0.39 is 34.6 Å². The van der Waals surface area contributed by atoms with Crippen molar-refractivity contribution in [3.63, 3.8) is 0 Å². The third-order valence-corrected chi connectivity index (χ3v) is 9.95. The van der Waals surface area contributed by atoms with Gasteiger partial charge in [0.1, 0.15) is 0 Å². The minimum absolute atomic E-state index is 0.0943. The molecule has 0 unspecified atom stereocenters. The summed E-state index contributed by atoms with van der Waals surface area (Å²) in [6, 6.07) is 0. The smallest absolute Gasteiger partial charge is 0.332 e. The maximum atomic E-state index is 12.7. The van der Waals surface area contributed by atoms with Crippen molar-refractivity contribution >= 4 is 45.1 Å². The van der Waals surface area contributed by atoms with Crippen molar-refractivity contribution in [1.29, 1.82) is 0 Å². The van der Waals surface area contributed by atoms with Crippen molar-refractivity contribution < 1.29 is 29.4 Å². The Labute approximate surface area is 250 Å². The number of aliphatic carboxylic acids is 2. The van der Waals surface area contributed by atoms with Gasteiger partial charge in [0.25, 0.3) is 0 Å². The Morgan fingerprint density at radius 3 is 1.00 bits per heavy atom. The number of hydrogen-bond donors (Lipinski definition) is 4. The van der Waals surface area contributed by atoms with E-state index in [2.05, 4.69) is 13.8 Å². The Bertz CT molecular complexity index is 679. The first-order valence-electron chi connectivity index (χ1n) is 15.4. The van der Waals surface area contributed by atoms with Gasteiger partial charge in [0.2, 0.25) is 0 Å². The standard InChI is InChI=1S/C30H56N2O6S2/c1-3-5-7-9-11-13-15-17-19-21-25(33)29(31,27(35)36)23-39-40-24-30(32,28(37)38)26(34)22-20-18-16-14-12-10-8-6-4-2/h3-24,31-32H2,1-2H3,(H,35,36)(H,37,38)/t29-,30-/m1/s1. The molecule has 0 aromatic carbocycles. The number of hydrogen-bond acceptors (Lipinski definition) is 8.